The van der Waals surface area contributed by atoms with Gasteiger partial charge in [-0.1, -0.05) is 55.0 Å². The molecule has 4 aromatic rings. The SMILES string of the molecule is CCN(CC)CCN(C(=O)c1ccc(Oc2ccccc2)cc1)c1nc2c(OC)ccc(Cl)c2s1.Cl. The number of hydrogen-bond donors (Lipinski definition) is 0. The Hall–Kier alpha value is -2.84. The van der Waals surface area contributed by atoms with Crippen LogP contribution < -0.4 is 14.4 Å². The summed E-state index contributed by atoms with van der Waals surface area (Å²) >= 11 is 7.84. The van der Waals surface area contributed by atoms with Gasteiger partial charge in [-0.25, -0.2) is 4.98 Å². The highest BCUT2D eigenvalue weighted by Crippen LogP contribution is 2.39. The number of nitrogens with zero attached hydrogens (tertiary/aromatic N) is 3. The zero-order valence-corrected chi connectivity index (χ0v) is 22.8. The van der Waals surface area contributed by atoms with Gasteiger partial charge in [0.2, 0.25) is 0 Å². The number of carbonyl (C=O) groups is 1. The van der Waals surface area contributed by atoms with Gasteiger partial charge in [-0.15, -0.1) is 12.4 Å². The molecule has 0 bridgehead atoms. The van der Waals surface area contributed by atoms with Crippen molar-refractivity contribution < 1.29 is 14.3 Å². The molecule has 0 fully saturated rings. The van der Waals surface area contributed by atoms with Crippen LogP contribution in [0, 0.1) is 0 Å². The van der Waals surface area contributed by atoms with Crippen molar-refractivity contribution in [2.45, 2.75) is 13.8 Å². The van der Waals surface area contributed by atoms with Gasteiger partial charge in [-0.3, -0.25) is 9.69 Å². The number of anilines is 1. The molecule has 0 saturated carbocycles. The highest BCUT2D eigenvalue weighted by Gasteiger charge is 2.24. The first-order valence-corrected chi connectivity index (χ1v) is 12.7. The average Bonchev–Trinajstić information content (AvgIpc) is 3.34. The first-order valence-electron chi connectivity index (χ1n) is 11.5. The fourth-order valence-corrected chi connectivity index (χ4v) is 5.01. The van der Waals surface area contributed by atoms with Crippen LogP contribution in [0.1, 0.15) is 24.2 Å². The lowest BCUT2D eigenvalue weighted by Gasteiger charge is -2.24. The fourth-order valence-electron chi connectivity index (χ4n) is 3.73. The number of likely N-dealkylation sites (N-methyl/N-ethyl adjacent to an activating group) is 1. The quantitative estimate of drug-likeness (QED) is 0.211. The van der Waals surface area contributed by atoms with Gasteiger partial charge in [-0.2, -0.15) is 0 Å². The molecule has 9 heteroatoms. The molecule has 0 radical (unpaired) electrons. The lowest BCUT2D eigenvalue weighted by atomic mass is 10.2. The van der Waals surface area contributed by atoms with E-state index in [0.29, 0.717) is 39.3 Å². The average molecular weight is 547 g/mol. The number of fused-ring (bicyclic) bond motifs is 1. The van der Waals surface area contributed by atoms with E-state index in [1.807, 2.05) is 30.3 Å². The van der Waals surface area contributed by atoms with E-state index in [-0.39, 0.29) is 18.3 Å². The lowest BCUT2D eigenvalue weighted by Crippen LogP contribution is -2.38. The Balaban J connectivity index is 0.00000361. The number of benzene rings is 3. The summed E-state index contributed by atoms with van der Waals surface area (Å²) in [5.41, 5.74) is 1.22. The normalized spacial score (nSPS) is 10.8. The Kier molecular flexibility index (Phi) is 9.96. The summed E-state index contributed by atoms with van der Waals surface area (Å²) in [6, 6.07) is 20.3. The monoisotopic (exact) mass is 545 g/mol. The molecule has 0 unspecified atom stereocenters. The summed E-state index contributed by atoms with van der Waals surface area (Å²) in [5, 5.41) is 1.18. The Morgan fingerprint density at radius 3 is 2.25 bits per heavy atom. The highest BCUT2D eigenvalue weighted by molar-refractivity contribution is 7.23. The molecule has 0 aliphatic heterocycles. The summed E-state index contributed by atoms with van der Waals surface area (Å²) in [7, 11) is 1.60. The molecule has 0 aliphatic rings. The van der Waals surface area contributed by atoms with Crippen molar-refractivity contribution in [2.24, 2.45) is 0 Å². The van der Waals surface area contributed by atoms with Crippen molar-refractivity contribution >= 4 is 56.6 Å². The first-order chi connectivity index (χ1) is 17.0. The van der Waals surface area contributed by atoms with Crippen LogP contribution in [0.5, 0.6) is 17.2 Å². The number of ether oxygens (including phenoxy) is 2. The second kappa shape index (κ2) is 12.9. The molecule has 0 saturated heterocycles. The maximum Gasteiger partial charge on any atom is 0.260 e. The first kappa shape index (κ1) is 27.7. The molecular formula is C27H29Cl2N3O3S. The zero-order chi connectivity index (χ0) is 24.8. The maximum absolute atomic E-state index is 13.7. The van der Waals surface area contributed by atoms with Crippen LogP contribution in [-0.2, 0) is 0 Å². The molecule has 36 heavy (non-hydrogen) atoms. The van der Waals surface area contributed by atoms with E-state index in [4.69, 9.17) is 26.1 Å². The van der Waals surface area contributed by atoms with Crippen molar-refractivity contribution in [3.05, 3.63) is 77.3 Å². The predicted molar refractivity (Wildman–Crippen MR) is 151 cm³/mol. The van der Waals surface area contributed by atoms with E-state index in [0.717, 1.165) is 30.1 Å². The smallest absolute Gasteiger partial charge is 0.260 e. The minimum atomic E-state index is -0.127. The third-order valence-corrected chi connectivity index (χ3v) is 7.30. The molecule has 0 N–H and O–H groups in total. The van der Waals surface area contributed by atoms with Crippen LogP contribution in [-0.4, -0.2) is 49.1 Å². The molecule has 1 amide bonds. The van der Waals surface area contributed by atoms with Crippen LogP contribution in [0.2, 0.25) is 5.02 Å². The second-order valence-corrected chi connectivity index (χ2v) is 9.23. The summed E-state index contributed by atoms with van der Waals surface area (Å²) in [5.74, 6) is 1.91. The molecule has 1 aromatic heterocycles. The fraction of sp³-hybridized carbons (Fsp3) is 0.259. The number of thiazole rings is 1. The number of para-hydroxylation sites is 1. The molecule has 0 spiro atoms. The second-order valence-electron chi connectivity index (χ2n) is 7.85. The maximum atomic E-state index is 13.7. The van der Waals surface area contributed by atoms with Crippen molar-refractivity contribution in [1.82, 2.24) is 9.88 Å². The molecule has 1 heterocycles. The minimum Gasteiger partial charge on any atom is -0.494 e. The summed E-state index contributed by atoms with van der Waals surface area (Å²) < 4.78 is 12.1. The van der Waals surface area contributed by atoms with Crippen LogP contribution in [0.4, 0.5) is 5.13 Å². The van der Waals surface area contributed by atoms with Gasteiger partial charge in [0.1, 0.15) is 22.8 Å². The molecule has 0 aliphatic carbocycles. The van der Waals surface area contributed by atoms with Crippen LogP contribution in [0.25, 0.3) is 10.2 Å². The molecular weight excluding hydrogens is 517 g/mol. The Bertz CT molecular complexity index is 1280. The van der Waals surface area contributed by atoms with Gasteiger partial charge in [-0.05, 0) is 61.6 Å². The highest BCUT2D eigenvalue weighted by atomic mass is 35.5. The Morgan fingerprint density at radius 1 is 0.944 bits per heavy atom. The van der Waals surface area contributed by atoms with Gasteiger partial charge >= 0.3 is 0 Å². The molecule has 6 nitrogen and oxygen atoms in total. The predicted octanol–water partition coefficient (Wildman–Crippen LogP) is 7.16. The number of carbonyl (C=O) groups excluding carboxylic acids is 1. The number of rotatable bonds is 10. The van der Waals surface area contributed by atoms with Gasteiger partial charge in [0.05, 0.1) is 16.8 Å². The van der Waals surface area contributed by atoms with E-state index in [1.54, 1.807) is 48.4 Å². The van der Waals surface area contributed by atoms with Crippen molar-refractivity contribution in [3.8, 4) is 17.2 Å². The van der Waals surface area contributed by atoms with Crippen molar-refractivity contribution in [1.29, 1.82) is 0 Å². The number of amides is 1. The van der Waals surface area contributed by atoms with E-state index >= 15 is 0 Å². The molecule has 190 valence electrons. The number of methoxy groups -OCH3 is 1. The largest absolute Gasteiger partial charge is 0.494 e. The van der Waals surface area contributed by atoms with Gasteiger partial charge in [0.25, 0.3) is 5.91 Å². The van der Waals surface area contributed by atoms with Gasteiger partial charge < -0.3 is 14.4 Å². The van der Waals surface area contributed by atoms with E-state index in [1.165, 1.54) is 11.3 Å². The van der Waals surface area contributed by atoms with Crippen molar-refractivity contribution in [3.63, 3.8) is 0 Å². The number of halogens is 2. The minimum absolute atomic E-state index is 0. The standard InChI is InChI=1S/C27H28ClN3O3S.ClH/c1-4-30(5-2)17-18-31(27-29-24-23(33-3)16-15-22(28)25(24)35-27)26(32)19-11-13-21(14-12-19)34-20-9-7-6-8-10-20;/h6-16H,4-5,17-18H2,1-3H3;1H. The van der Waals surface area contributed by atoms with E-state index < -0.39 is 0 Å². The Morgan fingerprint density at radius 2 is 1.61 bits per heavy atom. The van der Waals surface area contributed by atoms with Gasteiger partial charge in [0, 0.05) is 18.7 Å². The lowest BCUT2D eigenvalue weighted by molar-refractivity contribution is 0.0983. The number of aromatic nitrogens is 1. The van der Waals surface area contributed by atoms with Gasteiger partial charge in [0.15, 0.2) is 5.13 Å². The molecule has 3 aromatic carbocycles. The summed E-state index contributed by atoms with van der Waals surface area (Å²) in [6.07, 6.45) is 0. The molecule has 0 atom stereocenters. The topological polar surface area (TPSA) is 54.9 Å². The Labute approximate surface area is 226 Å². The zero-order valence-electron chi connectivity index (χ0n) is 20.4. The molecule has 4 rings (SSSR count). The van der Waals surface area contributed by atoms with Crippen LogP contribution >= 0.6 is 35.3 Å². The number of hydrogen-bond acceptors (Lipinski definition) is 6. The van der Waals surface area contributed by atoms with E-state index in [9.17, 15) is 4.79 Å². The van der Waals surface area contributed by atoms with Crippen molar-refractivity contribution in [2.75, 3.05) is 38.2 Å². The third kappa shape index (κ3) is 6.28. The summed E-state index contributed by atoms with van der Waals surface area (Å²) in [6.45, 7) is 7.28. The summed E-state index contributed by atoms with van der Waals surface area (Å²) in [4.78, 5) is 22.5. The van der Waals surface area contributed by atoms with E-state index in [2.05, 4.69) is 18.7 Å². The van der Waals surface area contributed by atoms with Crippen LogP contribution in [0.3, 0.4) is 0 Å². The third-order valence-electron chi connectivity index (χ3n) is 5.76. The van der Waals surface area contributed by atoms with Crippen LogP contribution in [0.15, 0.2) is 66.7 Å².